The molecular formula is C9H12F3NO3. The Morgan fingerprint density at radius 3 is 2.19 bits per heavy atom. The number of alkyl halides is 3. The monoisotopic (exact) mass is 239 g/mol. The molecule has 0 unspecified atom stereocenters. The van der Waals surface area contributed by atoms with Crippen LogP contribution in [-0.2, 0) is 9.59 Å². The van der Waals surface area contributed by atoms with Crippen LogP contribution in [0.4, 0.5) is 13.2 Å². The van der Waals surface area contributed by atoms with E-state index in [2.05, 4.69) is 0 Å². The summed E-state index contributed by atoms with van der Waals surface area (Å²) in [6.07, 6.45) is -4.64. The third-order valence-corrected chi connectivity index (χ3v) is 3.08. The molecule has 0 radical (unpaired) electrons. The Bertz CT molecular complexity index is 328. The molecule has 0 aromatic rings. The van der Waals surface area contributed by atoms with Crippen molar-refractivity contribution in [3.05, 3.63) is 0 Å². The van der Waals surface area contributed by atoms with Crippen LogP contribution in [0.5, 0.6) is 0 Å². The zero-order valence-electron chi connectivity index (χ0n) is 8.84. The van der Waals surface area contributed by atoms with Gasteiger partial charge in [0, 0.05) is 20.0 Å². The third-order valence-electron chi connectivity index (χ3n) is 3.08. The maximum atomic E-state index is 12.8. The highest BCUT2D eigenvalue weighted by molar-refractivity contribution is 5.77. The second-order valence-electron chi connectivity index (χ2n) is 4.21. The molecule has 0 bridgehead atoms. The van der Waals surface area contributed by atoms with E-state index >= 15 is 0 Å². The van der Waals surface area contributed by atoms with Gasteiger partial charge in [0.25, 0.3) is 0 Å². The number of amides is 1. The summed E-state index contributed by atoms with van der Waals surface area (Å²) in [4.78, 5) is 22.7. The van der Waals surface area contributed by atoms with Crippen molar-refractivity contribution < 1.29 is 27.9 Å². The smallest absolute Gasteiger partial charge is 0.396 e. The lowest BCUT2D eigenvalue weighted by molar-refractivity contribution is -0.228. The number of halogens is 3. The lowest BCUT2D eigenvalue weighted by atomic mass is 9.79. The number of carboxylic acids is 1. The second kappa shape index (κ2) is 3.64. The quantitative estimate of drug-likeness (QED) is 0.745. The maximum Gasteiger partial charge on any atom is 0.396 e. The molecular weight excluding hydrogens is 227 g/mol. The Labute approximate surface area is 90.0 Å². The molecule has 1 heterocycles. The second-order valence-corrected chi connectivity index (χ2v) is 4.21. The van der Waals surface area contributed by atoms with Crippen molar-refractivity contribution in [1.29, 1.82) is 0 Å². The fourth-order valence-corrected chi connectivity index (χ4v) is 1.87. The first-order valence-electron chi connectivity index (χ1n) is 4.64. The topological polar surface area (TPSA) is 57.6 Å². The summed E-state index contributed by atoms with van der Waals surface area (Å²) < 4.78 is 38.4. The standard InChI is InChI=1S/C9H12F3NO3/c1-5(14)13-3-6(7(15)16)8(2,4-13)9(10,11)12/h6H,3-4H2,1-2H3,(H,15,16)/t6-,8+/m0/s1. The predicted octanol–water partition coefficient (Wildman–Crippen LogP) is 1.12. The molecule has 1 saturated heterocycles. The van der Waals surface area contributed by atoms with Crippen LogP contribution >= 0.6 is 0 Å². The number of hydrogen-bond acceptors (Lipinski definition) is 2. The van der Waals surface area contributed by atoms with E-state index in [1.54, 1.807) is 0 Å². The van der Waals surface area contributed by atoms with E-state index in [1.807, 2.05) is 0 Å². The number of rotatable bonds is 1. The number of carboxylic acid groups (broad SMARTS) is 1. The minimum Gasteiger partial charge on any atom is -0.481 e. The highest BCUT2D eigenvalue weighted by Crippen LogP contribution is 2.48. The Morgan fingerprint density at radius 2 is 1.94 bits per heavy atom. The number of nitrogens with zero attached hydrogens (tertiary/aromatic N) is 1. The van der Waals surface area contributed by atoms with Crippen LogP contribution in [0, 0.1) is 11.3 Å². The Morgan fingerprint density at radius 1 is 1.44 bits per heavy atom. The summed E-state index contributed by atoms with van der Waals surface area (Å²) in [5.41, 5.74) is -2.37. The highest BCUT2D eigenvalue weighted by atomic mass is 19.4. The van der Waals surface area contributed by atoms with E-state index in [9.17, 15) is 22.8 Å². The molecule has 1 aliphatic heterocycles. The third kappa shape index (κ3) is 1.85. The average Bonchev–Trinajstić information content (AvgIpc) is 2.43. The minimum atomic E-state index is -4.64. The number of hydrogen-bond donors (Lipinski definition) is 1. The molecule has 0 spiro atoms. The largest absolute Gasteiger partial charge is 0.481 e. The van der Waals surface area contributed by atoms with Gasteiger partial charge in [-0.3, -0.25) is 9.59 Å². The first-order chi connectivity index (χ1) is 7.09. The first-order valence-corrected chi connectivity index (χ1v) is 4.64. The van der Waals surface area contributed by atoms with E-state index in [0.717, 1.165) is 18.7 Å². The van der Waals surface area contributed by atoms with Gasteiger partial charge in [-0.15, -0.1) is 0 Å². The van der Waals surface area contributed by atoms with Gasteiger partial charge in [-0.05, 0) is 6.92 Å². The van der Waals surface area contributed by atoms with E-state index < -0.39 is 35.9 Å². The van der Waals surface area contributed by atoms with Crippen molar-refractivity contribution in [2.75, 3.05) is 13.1 Å². The fourth-order valence-electron chi connectivity index (χ4n) is 1.87. The zero-order chi connectivity index (χ0) is 12.7. The van der Waals surface area contributed by atoms with Crippen LogP contribution in [0.2, 0.25) is 0 Å². The molecule has 4 nitrogen and oxygen atoms in total. The fraction of sp³-hybridized carbons (Fsp3) is 0.778. The molecule has 0 aliphatic carbocycles. The normalized spacial score (nSPS) is 30.6. The lowest BCUT2D eigenvalue weighted by Crippen LogP contribution is -2.45. The van der Waals surface area contributed by atoms with Gasteiger partial charge in [0.15, 0.2) is 0 Å². The molecule has 7 heteroatoms. The highest BCUT2D eigenvalue weighted by Gasteiger charge is 2.63. The zero-order valence-corrected chi connectivity index (χ0v) is 8.84. The van der Waals surface area contributed by atoms with Gasteiger partial charge < -0.3 is 10.0 Å². The molecule has 1 aliphatic rings. The molecule has 1 fully saturated rings. The molecule has 0 saturated carbocycles. The summed E-state index contributed by atoms with van der Waals surface area (Å²) in [5, 5.41) is 8.77. The minimum absolute atomic E-state index is 0.388. The molecule has 0 aromatic heterocycles. The van der Waals surface area contributed by atoms with Gasteiger partial charge in [-0.2, -0.15) is 13.2 Å². The first kappa shape index (κ1) is 12.8. The number of aliphatic carboxylic acids is 1. The van der Waals surface area contributed by atoms with E-state index in [0.29, 0.717) is 0 Å². The van der Waals surface area contributed by atoms with Gasteiger partial charge in [0.1, 0.15) is 0 Å². The summed E-state index contributed by atoms with van der Waals surface area (Å²) in [6, 6.07) is 0. The van der Waals surface area contributed by atoms with Crippen LogP contribution in [0.3, 0.4) is 0 Å². The Balaban J connectivity index is 3.07. The summed E-state index contributed by atoms with van der Waals surface area (Å²) in [6.45, 7) is 0.985. The van der Waals surface area contributed by atoms with Gasteiger partial charge in [0.2, 0.25) is 5.91 Å². The summed E-state index contributed by atoms with van der Waals surface area (Å²) in [5.74, 6) is -3.67. The molecule has 2 atom stereocenters. The Hall–Kier alpha value is -1.27. The van der Waals surface area contributed by atoms with Crippen molar-refractivity contribution in [2.45, 2.75) is 20.0 Å². The van der Waals surface area contributed by atoms with E-state index in [4.69, 9.17) is 5.11 Å². The number of likely N-dealkylation sites (tertiary alicyclic amines) is 1. The van der Waals surface area contributed by atoms with Crippen LogP contribution in [-0.4, -0.2) is 41.1 Å². The lowest BCUT2D eigenvalue weighted by Gasteiger charge is -2.30. The summed E-state index contributed by atoms with van der Waals surface area (Å²) >= 11 is 0. The maximum absolute atomic E-state index is 12.8. The van der Waals surface area contributed by atoms with Crippen molar-refractivity contribution in [2.24, 2.45) is 11.3 Å². The van der Waals surface area contributed by atoms with Crippen molar-refractivity contribution in [3.8, 4) is 0 Å². The van der Waals surface area contributed by atoms with Gasteiger partial charge in [-0.1, -0.05) is 0 Å². The molecule has 92 valence electrons. The Kier molecular flexibility index (Phi) is 2.91. The van der Waals surface area contributed by atoms with Crippen LogP contribution in [0.25, 0.3) is 0 Å². The number of carbonyl (C=O) groups excluding carboxylic acids is 1. The molecule has 0 aromatic carbocycles. The predicted molar refractivity (Wildman–Crippen MR) is 47.5 cm³/mol. The van der Waals surface area contributed by atoms with Crippen LogP contribution in [0.15, 0.2) is 0 Å². The summed E-state index contributed by atoms with van der Waals surface area (Å²) in [7, 11) is 0. The van der Waals surface area contributed by atoms with Crippen LogP contribution in [0.1, 0.15) is 13.8 Å². The molecule has 1 amide bonds. The van der Waals surface area contributed by atoms with Crippen molar-refractivity contribution >= 4 is 11.9 Å². The molecule has 1 rings (SSSR count). The SMILES string of the molecule is CC(=O)N1C[C@@H](C(=O)O)[C@](C)(C(F)(F)F)C1. The van der Waals surface area contributed by atoms with E-state index in [-0.39, 0.29) is 6.54 Å². The number of carbonyl (C=O) groups is 2. The average molecular weight is 239 g/mol. The molecule has 16 heavy (non-hydrogen) atoms. The van der Waals surface area contributed by atoms with Gasteiger partial charge in [-0.25, -0.2) is 0 Å². The van der Waals surface area contributed by atoms with Crippen molar-refractivity contribution in [3.63, 3.8) is 0 Å². The van der Waals surface area contributed by atoms with E-state index in [1.165, 1.54) is 0 Å². The van der Waals surface area contributed by atoms with Crippen LogP contribution < -0.4 is 0 Å². The van der Waals surface area contributed by atoms with Crippen molar-refractivity contribution in [1.82, 2.24) is 4.90 Å². The molecule has 1 N–H and O–H groups in total. The van der Waals surface area contributed by atoms with Gasteiger partial charge in [0.05, 0.1) is 11.3 Å². The van der Waals surface area contributed by atoms with Gasteiger partial charge >= 0.3 is 12.1 Å².